The molecule has 88 valence electrons. The standard InChI is InChI=1S/C8H20N3S.2BrH/c1-5-10-8(9)12-7-6-11(2,3)4;;/h5-7H2,1-4H3,(H2,9,10);2*1H/q+1;;/p-1. The molecule has 0 saturated heterocycles. The van der Waals surface area contributed by atoms with Gasteiger partial charge in [0.05, 0.1) is 33.4 Å². The molecule has 2 N–H and O–H groups in total. The van der Waals surface area contributed by atoms with Gasteiger partial charge >= 0.3 is 0 Å². The van der Waals surface area contributed by atoms with Crippen molar-refractivity contribution in [1.82, 2.24) is 0 Å². The van der Waals surface area contributed by atoms with Gasteiger partial charge in [0.15, 0.2) is 5.17 Å². The van der Waals surface area contributed by atoms with E-state index in [1.54, 1.807) is 11.8 Å². The van der Waals surface area contributed by atoms with Gasteiger partial charge in [0.1, 0.15) is 0 Å². The van der Waals surface area contributed by atoms with Crippen molar-refractivity contribution in [3.8, 4) is 0 Å². The number of quaternary nitrogens is 1. The molecule has 0 aromatic heterocycles. The second-order valence-corrected chi connectivity index (χ2v) is 4.79. The maximum Gasteiger partial charge on any atom is 0.154 e. The number of nitrogens with two attached hydrogens (primary N) is 1. The van der Waals surface area contributed by atoms with E-state index in [-0.39, 0.29) is 34.0 Å². The Bertz CT molecular complexity index is 157. The third-order valence-corrected chi connectivity index (χ3v) is 2.14. The number of thioether (sulfide) groups is 1. The van der Waals surface area contributed by atoms with Crippen molar-refractivity contribution in [2.45, 2.75) is 6.92 Å². The zero-order valence-electron chi connectivity index (χ0n) is 9.29. The van der Waals surface area contributed by atoms with E-state index in [9.17, 15) is 0 Å². The van der Waals surface area contributed by atoms with Crippen LogP contribution in [-0.4, -0.2) is 49.6 Å². The second kappa shape index (κ2) is 10.3. The average molecular weight is 351 g/mol. The molecule has 0 aromatic carbocycles. The summed E-state index contributed by atoms with van der Waals surface area (Å²) in [7, 11) is 6.52. The minimum atomic E-state index is 0. The lowest BCUT2D eigenvalue weighted by Crippen LogP contribution is -3.00. The lowest BCUT2D eigenvalue weighted by atomic mass is 10.6. The summed E-state index contributed by atoms with van der Waals surface area (Å²) in [6, 6.07) is 0. The molecule has 0 bridgehead atoms. The Morgan fingerprint density at radius 1 is 1.36 bits per heavy atom. The molecule has 0 aliphatic carbocycles. The summed E-state index contributed by atoms with van der Waals surface area (Å²) in [5.41, 5.74) is 5.62. The predicted octanol–water partition coefficient (Wildman–Crippen LogP) is -1.66. The zero-order chi connectivity index (χ0) is 9.61. The molecule has 0 unspecified atom stereocenters. The molecule has 0 amide bonds. The van der Waals surface area contributed by atoms with Crippen LogP contribution in [0.2, 0.25) is 0 Å². The normalized spacial score (nSPS) is 11.6. The van der Waals surface area contributed by atoms with Crippen LogP contribution in [0.3, 0.4) is 0 Å². The Labute approximate surface area is 113 Å². The Kier molecular flexibility index (Phi) is 14.8. The minimum Gasteiger partial charge on any atom is -1.00 e. The van der Waals surface area contributed by atoms with Crippen molar-refractivity contribution in [1.29, 1.82) is 0 Å². The van der Waals surface area contributed by atoms with Crippen molar-refractivity contribution < 1.29 is 21.5 Å². The molecule has 0 rings (SSSR count). The fourth-order valence-corrected chi connectivity index (χ4v) is 1.69. The number of rotatable bonds is 4. The third kappa shape index (κ3) is 15.2. The molecule has 0 spiro atoms. The van der Waals surface area contributed by atoms with Crippen LogP contribution in [0.5, 0.6) is 0 Å². The van der Waals surface area contributed by atoms with Crippen LogP contribution in [-0.2, 0) is 0 Å². The summed E-state index contributed by atoms with van der Waals surface area (Å²) in [6.07, 6.45) is 0. The van der Waals surface area contributed by atoms with Crippen molar-refractivity contribution >= 4 is 33.9 Å². The van der Waals surface area contributed by atoms with Gasteiger partial charge in [0, 0.05) is 6.54 Å². The zero-order valence-corrected chi connectivity index (χ0v) is 13.4. The minimum absolute atomic E-state index is 0. The Morgan fingerprint density at radius 2 is 1.86 bits per heavy atom. The van der Waals surface area contributed by atoms with E-state index in [2.05, 4.69) is 26.1 Å². The molecule has 0 aliphatic heterocycles. The predicted molar refractivity (Wildman–Crippen MR) is 67.8 cm³/mol. The fraction of sp³-hybridized carbons (Fsp3) is 0.875. The summed E-state index contributed by atoms with van der Waals surface area (Å²) in [4.78, 5) is 4.09. The molecule has 14 heavy (non-hydrogen) atoms. The first-order chi connectivity index (χ1) is 5.45. The summed E-state index contributed by atoms with van der Waals surface area (Å²) in [6.45, 7) is 3.89. The lowest BCUT2D eigenvalue weighted by Gasteiger charge is -2.23. The monoisotopic (exact) mass is 349 g/mol. The van der Waals surface area contributed by atoms with E-state index < -0.39 is 0 Å². The van der Waals surface area contributed by atoms with Crippen molar-refractivity contribution in [2.75, 3.05) is 40.0 Å². The number of aliphatic imine (C=N–C) groups is 1. The number of hydrogen-bond donors (Lipinski definition) is 1. The quantitative estimate of drug-likeness (QED) is 0.374. The Morgan fingerprint density at radius 3 is 2.21 bits per heavy atom. The van der Waals surface area contributed by atoms with Crippen LogP contribution in [0.25, 0.3) is 0 Å². The molecule has 3 nitrogen and oxygen atoms in total. The largest absolute Gasteiger partial charge is 1.00 e. The molecule has 0 radical (unpaired) electrons. The highest BCUT2D eigenvalue weighted by molar-refractivity contribution is 8.93. The number of amidine groups is 1. The first-order valence-electron chi connectivity index (χ1n) is 4.19. The van der Waals surface area contributed by atoms with Gasteiger partial charge in [-0.15, -0.1) is 17.0 Å². The van der Waals surface area contributed by atoms with Gasteiger partial charge in [-0.2, -0.15) is 0 Å². The summed E-state index contributed by atoms with van der Waals surface area (Å²) >= 11 is 1.64. The fourth-order valence-electron chi connectivity index (χ4n) is 0.626. The highest BCUT2D eigenvalue weighted by atomic mass is 79.9. The topological polar surface area (TPSA) is 38.4 Å². The van der Waals surface area contributed by atoms with Crippen molar-refractivity contribution in [2.24, 2.45) is 10.7 Å². The first-order valence-corrected chi connectivity index (χ1v) is 5.17. The van der Waals surface area contributed by atoms with Gasteiger partial charge in [-0.1, -0.05) is 11.8 Å². The van der Waals surface area contributed by atoms with Crippen LogP contribution in [0, 0.1) is 0 Å². The first kappa shape index (κ1) is 20.2. The molecule has 0 heterocycles. The van der Waals surface area contributed by atoms with Gasteiger partial charge in [0.25, 0.3) is 0 Å². The van der Waals surface area contributed by atoms with Gasteiger partial charge in [-0.25, -0.2) is 0 Å². The van der Waals surface area contributed by atoms with Gasteiger partial charge in [-0.05, 0) is 6.92 Å². The maximum absolute atomic E-state index is 5.62. The van der Waals surface area contributed by atoms with Crippen LogP contribution in [0.1, 0.15) is 6.92 Å². The van der Waals surface area contributed by atoms with E-state index in [4.69, 9.17) is 5.73 Å². The SMILES string of the molecule is Br.CCN=C(N)SCC[N+](C)(C)C.[Br-]. The molecule has 0 aromatic rings. The highest BCUT2D eigenvalue weighted by Crippen LogP contribution is 2.02. The summed E-state index contributed by atoms with van der Waals surface area (Å²) in [5, 5.41) is 0.714. The van der Waals surface area contributed by atoms with Gasteiger partial charge in [0.2, 0.25) is 0 Å². The van der Waals surface area contributed by atoms with E-state index in [0.29, 0.717) is 5.17 Å². The summed E-state index contributed by atoms with van der Waals surface area (Å²) < 4.78 is 0.979. The average Bonchev–Trinajstić information content (AvgIpc) is 1.84. The maximum atomic E-state index is 5.62. The van der Waals surface area contributed by atoms with E-state index >= 15 is 0 Å². The molecule has 0 fully saturated rings. The van der Waals surface area contributed by atoms with Crippen LogP contribution in [0.15, 0.2) is 4.99 Å². The van der Waals surface area contributed by atoms with Crippen molar-refractivity contribution in [3.05, 3.63) is 0 Å². The number of halogens is 2. The van der Waals surface area contributed by atoms with Crippen LogP contribution < -0.4 is 22.7 Å². The lowest BCUT2D eigenvalue weighted by molar-refractivity contribution is -0.867. The number of hydrogen-bond acceptors (Lipinski definition) is 2. The molecule has 6 heteroatoms. The Balaban J connectivity index is -0.000000605. The van der Waals surface area contributed by atoms with Gasteiger partial charge in [-0.3, -0.25) is 4.99 Å². The van der Waals surface area contributed by atoms with E-state index in [0.717, 1.165) is 23.3 Å². The smallest absolute Gasteiger partial charge is 0.154 e. The number of nitrogens with zero attached hydrogens (tertiary/aromatic N) is 2. The molecule has 0 atom stereocenters. The van der Waals surface area contributed by atoms with E-state index in [1.165, 1.54) is 0 Å². The third-order valence-electron chi connectivity index (χ3n) is 1.33. The molecular weight excluding hydrogens is 330 g/mol. The Hall–Kier alpha value is 0.740. The van der Waals surface area contributed by atoms with Gasteiger partial charge < -0.3 is 27.2 Å². The summed E-state index contributed by atoms with van der Waals surface area (Å²) in [5.74, 6) is 1.04. The van der Waals surface area contributed by atoms with E-state index in [1.807, 2.05) is 6.92 Å². The van der Waals surface area contributed by atoms with Crippen molar-refractivity contribution in [3.63, 3.8) is 0 Å². The molecule has 0 aliphatic rings. The van der Waals surface area contributed by atoms with Crippen LogP contribution >= 0.6 is 28.7 Å². The molecule has 0 saturated carbocycles. The molecular formula is C8H21Br2N3S. The van der Waals surface area contributed by atoms with Crippen LogP contribution in [0.4, 0.5) is 0 Å². The highest BCUT2D eigenvalue weighted by Gasteiger charge is 2.06. The second-order valence-electron chi connectivity index (χ2n) is 3.67.